The molecular formula is C11H25N3O2. The van der Waals surface area contributed by atoms with E-state index in [0.29, 0.717) is 19.6 Å². The quantitative estimate of drug-likeness (QED) is 0.612. The summed E-state index contributed by atoms with van der Waals surface area (Å²) in [5.74, 6) is 0.0446. The summed E-state index contributed by atoms with van der Waals surface area (Å²) in [6.45, 7) is 5.64. The van der Waals surface area contributed by atoms with E-state index < -0.39 is 5.60 Å². The van der Waals surface area contributed by atoms with Gasteiger partial charge in [-0.25, -0.2) is 0 Å². The number of hydrogen-bond acceptors (Lipinski definition) is 4. The molecule has 5 heteroatoms. The van der Waals surface area contributed by atoms with Crippen LogP contribution in [0.25, 0.3) is 0 Å². The van der Waals surface area contributed by atoms with E-state index in [2.05, 4.69) is 5.32 Å². The van der Waals surface area contributed by atoms with Crippen LogP contribution in [0, 0.1) is 0 Å². The molecule has 0 aromatic heterocycles. The zero-order valence-electron chi connectivity index (χ0n) is 11.1. The molecule has 0 radical (unpaired) electrons. The SMILES string of the molecule is CCN(C)C(=O)CNCC(C)(O)CN(C)C. The molecule has 0 heterocycles. The molecule has 1 atom stereocenters. The molecule has 0 spiro atoms. The van der Waals surface area contributed by atoms with E-state index in [1.165, 1.54) is 0 Å². The van der Waals surface area contributed by atoms with Crippen LogP contribution >= 0.6 is 0 Å². The standard InChI is InChI=1S/C11H25N3O2/c1-6-14(5)10(15)7-12-8-11(2,16)9-13(3)4/h12,16H,6-9H2,1-5H3. The van der Waals surface area contributed by atoms with Crippen molar-refractivity contribution in [3.8, 4) is 0 Å². The normalized spacial score (nSPS) is 14.9. The lowest BCUT2D eigenvalue weighted by atomic mass is 10.1. The minimum atomic E-state index is -0.811. The summed E-state index contributed by atoms with van der Waals surface area (Å²) in [6.07, 6.45) is 0. The summed E-state index contributed by atoms with van der Waals surface area (Å²) >= 11 is 0. The van der Waals surface area contributed by atoms with Gasteiger partial charge in [-0.3, -0.25) is 4.79 Å². The van der Waals surface area contributed by atoms with Crippen molar-refractivity contribution in [2.75, 3.05) is 47.3 Å². The molecule has 1 amide bonds. The molecule has 0 aliphatic carbocycles. The van der Waals surface area contributed by atoms with Crippen molar-refractivity contribution in [1.29, 1.82) is 0 Å². The monoisotopic (exact) mass is 231 g/mol. The summed E-state index contributed by atoms with van der Waals surface area (Å²) in [7, 11) is 5.58. The highest BCUT2D eigenvalue weighted by Gasteiger charge is 2.21. The van der Waals surface area contributed by atoms with Gasteiger partial charge < -0.3 is 20.2 Å². The molecule has 0 fully saturated rings. The van der Waals surface area contributed by atoms with E-state index in [-0.39, 0.29) is 12.5 Å². The Balaban J connectivity index is 3.84. The Hall–Kier alpha value is -0.650. The maximum atomic E-state index is 11.5. The minimum Gasteiger partial charge on any atom is -0.388 e. The predicted octanol–water partition coefficient (Wildman–Crippen LogP) is -0.633. The van der Waals surface area contributed by atoms with Gasteiger partial charge in [0.15, 0.2) is 0 Å². The number of hydrogen-bond donors (Lipinski definition) is 2. The number of aliphatic hydroxyl groups is 1. The maximum Gasteiger partial charge on any atom is 0.236 e. The van der Waals surface area contributed by atoms with Crippen molar-refractivity contribution in [1.82, 2.24) is 15.1 Å². The number of nitrogens with zero attached hydrogens (tertiary/aromatic N) is 2. The number of carbonyl (C=O) groups is 1. The van der Waals surface area contributed by atoms with Crippen LogP contribution in [0.15, 0.2) is 0 Å². The lowest BCUT2D eigenvalue weighted by molar-refractivity contribution is -0.128. The van der Waals surface area contributed by atoms with Crippen molar-refractivity contribution in [3.63, 3.8) is 0 Å². The van der Waals surface area contributed by atoms with Gasteiger partial charge in [0.25, 0.3) is 0 Å². The minimum absolute atomic E-state index is 0.0446. The first-order valence-electron chi connectivity index (χ1n) is 5.60. The molecule has 0 rings (SSSR count). The van der Waals surface area contributed by atoms with Gasteiger partial charge in [0, 0.05) is 26.7 Å². The second kappa shape index (κ2) is 6.83. The molecule has 96 valence electrons. The van der Waals surface area contributed by atoms with Gasteiger partial charge in [-0.1, -0.05) is 0 Å². The van der Waals surface area contributed by atoms with Crippen molar-refractivity contribution < 1.29 is 9.90 Å². The zero-order valence-corrected chi connectivity index (χ0v) is 11.1. The van der Waals surface area contributed by atoms with E-state index in [9.17, 15) is 9.90 Å². The highest BCUT2D eigenvalue weighted by atomic mass is 16.3. The molecule has 0 aliphatic heterocycles. The molecule has 0 saturated heterocycles. The van der Waals surface area contributed by atoms with Crippen LogP contribution in [0.1, 0.15) is 13.8 Å². The molecule has 2 N–H and O–H groups in total. The van der Waals surface area contributed by atoms with Crippen LogP contribution in [-0.2, 0) is 4.79 Å². The van der Waals surface area contributed by atoms with Crippen LogP contribution < -0.4 is 5.32 Å². The summed E-state index contributed by atoms with van der Waals surface area (Å²) < 4.78 is 0. The first kappa shape index (κ1) is 15.3. The van der Waals surface area contributed by atoms with Crippen molar-refractivity contribution in [2.45, 2.75) is 19.4 Å². The Morgan fingerprint density at radius 1 is 1.38 bits per heavy atom. The largest absolute Gasteiger partial charge is 0.388 e. The van der Waals surface area contributed by atoms with Gasteiger partial charge in [-0.15, -0.1) is 0 Å². The Bertz CT molecular complexity index is 217. The summed E-state index contributed by atoms with van der Waals surface area (Å²) in [5.41, 5.74) is -0.811. The highest BCUT2D eigenvalue weighted by Crippen LogP contribution is 2.02. The van der Waals surface area contributed by atoms with E-state index in [0.717, 1.165) is 0 Å². The lowest BCUT2D eigenvalue weighted by Gasteiger charge is -2.27. The molecular weight excluding hydrogens is 206 g/mol. The average molecular weight is 231 g/mol. The van der Waals surface area contributed by atoms with Crippen LogP contribution in [0.3, 0.4) is 0 Å². The van der Waals surface area contributed by atoms with Gasteiger partial charge in [0.1, 0.15) is 0 Å². The third-order valence-electron chi connectivity index (χ3n) is 2.34. The van der Waals surface area contributed by atoms with E-state index in [1.807, 2.05) is 25.9 Å². The van der Waals surface area contributed by atoms with Gasteiger partial charge in [-0.2, -0.15) is 0 Å². The second-order valence-electron chi connectivity index (χ2n) is 4.75. The summed E-state index contributed by atoms with van der Waals surface area (Å²) in [4.78, 5) is 15.0. The number of amides is 1. The average Bonchev–Trinajstić information content (AvgIpc) is 2.13. The molecule has 0 aliphatic rings. The molecule has 0 saturated carbocycles. The molecule has 1 unspecified atom stereocenters. The van der Waals surface area contributed by atoms with Crippen molar-refractivity contribution in [2.24, 2.45) is 0 Å². The summed E-state index contributed by atoms with van der Waals surface area (Å²) in [6, 6.07) is 0. The summed E-state index contributed by atoms with van der Waals surface area (Å²) in [5, 5.41) is 12.9. The van der Waals surface area contributed by atoms with Crippen molar-refractivity contribution in [3.05, 3.63) is 0 Å². The number of rotatable bonds is 7. The number of carbonyl (C=O) groups excluding carboxylic acids is 1. The maximum absolute atomic E-state index is 11.5. The fourth-order valence-corrected chi connectivity index (χ4v) is 1.49. The third-order valence-corrected chi connectivity index (χ3v) is 2.34. The lowest BCUT2D eigenvalue weighted by Crippen LogP contribution is -2.47. The highest BCUT2D eigenvalue weighted by molar-refractivity contribution is 5.77. The number of nitrogens with one attached hydrogen (secondary N) is 1. The van der Waals surface area contributed by atoms with Gasteiger partial charge in [-0.05, 0) is 27.9 Å². The molecule has 0 aromatic rings. The molecule has 16 heavy (non-hydrogen) atoms. The van der Waals surface area contributed by atoms with Crippen molar-refractivity contribution >= 4 is 5.91 Å². The van der Waals surface area contributed by atoms with Gasteiger partial charge >= 0.3 is 0 Å². The molecule has 0 bridgehead atoms. The van der Waals surface area contributed by atoms with E-state index in [1.54, 1.807) is 18.9 Å². The van der Waals surface area contributed by atoms with Crippen LogP contribution in [0.2, 0.25) is 0 Å². The predicted molar refractivity (Wildman–Crippen MR) is 65.4 cm³/mol. The number of likely N-dealkylation sites (N-methyl/N-ethyl adjacent to an activating group) is 2. The molecule has 0 aromatic carbocycles. The Labute approximate surface area is 98.4 Å². The smallest absolute Gasteiger partial charge is 0.236 e. The van der Waals surface area contributed by atoms with Gasteiger partial charge in [0.05, 0.1) is 12.1 Å². The zero-order chi connectivity index (χ0) is 12.8. The fourth-order valence-electron chi connectivity index (χ4n) is 1.49. The Morgan fingerprint density at radius 2 is 1.94 bits per heavy atom. The Kier molecular flexibility index (Phi) is 6.55. The topological polar surface area (TPSA) is 55.8 Å². The molecule has 5 nitrogen and oxygen atoms in total. The Morgan fingerprint density at radius 3 is 2.38 bits per heavy atom. The first-order valence-corrected chi connectivity index (χ1v) is 5.60. The van der Waals surface area contributed by atoms with E-state index in [4.69, 9.17) is 0 Å². The third kappa shape index (κ3) is 6.76. The van der Waals surface area contributed by atoms with E-state index >= 15 is 0 Å². The second-order valence-corrected chi connectivity index (χ2v) is 4.75. The fraction of sp³-hybridized carbons (Fsp3) is 0.909. The van der Waals surface area contributed by atoms with Crippen LogP contribution in [-0.4, -0.2) is 73.7 Å². The van der Waals surface area contributed by atoms with Crippen LogP contribution in [0.4, 0.5) is 0 Å². The van der Waals surface area contributed by atoms with Gasteiger partial charge in [0.2, 0.25) is 5.91 Å². The van der Waals surface area contributed by atoms with Crippen LogP contribution in [0.5, 0.6) is 0 Å². The first-order chi connectivity index (χ1) is 7.28.